The summed E-state index contributed by atoms with van der Waals surface area (Å²) in [6, 6.07) is 16.9. The van der Waals surface area contributed by atoms with Crippen LogP contribution in [0.15, 0.2) is 54.6 Å². The fourth-order valence-electron chi connectivity index (χ4n) is 2.79. The molecule has 2 aromatic rings. The lowest BCUT2D eigenvalue weighted by Gasteiger charge is -2.15. The van der Waals surface area contributed by atoms with Gasteiger partial charge in [0, 0.05) is 12.1 Å². The van der Waals surface area contributed by atoms with Gasteiger partial charge in [-0.3, -0.25) is 14.4 Å². The van der Waals surface area contributed by atoms with Crippen LogP contribution in [0.3, 0.4) is 0 Å². The number of hydrogen-bond donors (Lipinski definition) is 3. The monoisotopic (exact) mass is 368 g/mol. The van der Waals surface area contributed by atoms with Crippen LogP contribution in [0.2, 0.25) is 0 Å². The van der Waals surface area contributed by atoms with Crippen molar-refractivity contribution in [2.24, 2.45) is 0 Å². The van der Waals surface area contributed by atoms with Gasteiger partial charge < -0.3 is 15.7 Å². The number of aliphatic carboxylic acids is 1. The van der Waals surface area contributed by atoms with Crippen molar-refractivity contribution in [2.75, 3.05) is 11.9 Å². The Kier molecular flexibility index (Phi) is 7.55. The molecule has 3 N–H and O–H groups in total. The number of carbonyl (C=O) groups excluding carboxylic acids is 2. The Labute approximate surface area is 158 Å². The normalized spacial score (nSPS) is 11.4. The minimum absolute atomic E-state index is 0.0577. The molecule has 27 heavy (non-hydrogen) atoms. The van der Waals surface area contributed by atoms with Gasteiger partial charge in [-0.1, -0.05) is 49.4 Å². The van der Waals surface area contributed by atoms with Crippen molar-refractivity contribution in [3.8, 4) is 0 Å². The van der Waals surface area contributed by atoms with Crippen LogP contribution in [0.4, 0.5) is 5.69 Å². The quantitative estimate of drug-likeness (QED) is 0.634. The Morgan fingerprint density at radius 2 is 1.63 bits per heavy atom. The van der Waals surface area contributed by atoms with E-state index in [-0.39, 0.29) is 24.2 Å². The highest BCUT2D eigenvalue weighted by atomic mass is 16.4. The third-order valence-electron chi connectivity index (χ3n) is 4.23. The smallest absolute Gasteiger partial charge is 0.322 e. The highest BCUT2D eigenvalue weighted by Crippen LogP contribution is 2.23. The van der Waals surface area contributed by atoms with Crippen LogP contribution in [-0.2, 0) is 20.8 Å². The zero-order valence-corrected chi connectivity index (χ0v) is 15.3. The van der Waals surface area contributed by atoms with Gasteiger partial charge >= 0.3 is 5.97 Å². The second-order valence-corrected chi connectivity index (χ2v) is 6.31. The summed E-state index contributed by atoms with van der Waals surface area (Å²) in [5, 5.41) is 13.7. The Morgan fingerprint density at radius 1 is 0.963 bits per heavy atom. The van der Waals surface area contributed by atoms with E-state index in [1.807, 2.05) is 30.3 Å². The topological polar surface area (TPSA) is 95.5 Å². The van der Waals surface area contributed by atoms with Gasteiger partial charge in [0.2, 0.25) is 11.8 Å². The molecule has 0 saturated heterocycles. The molecule has 6 nitrogen and oxygen atoms in total. The van der Waals surface area contributed by atoms with Gasteiger partial charge in [0.1, 0.15) is 6.54 Å². The Hall–Kier alpha value is -3.15. The number of amides is 2. The lowest BCUT2D eigenvalue weighted by molar-refractivity contribution is -0.137. The predicted molar refractivity (Wildman–Crippen MR) is 104 cm³/mol. The van der Waals surface area contributed by atoms with Gasteiger partial charge in [-0.25, -0.2) is 0 Å². The zero-order chi connectivity index (χ0) is 19.6. The van der Waals surface area contributed by atoms with E-state index < -0.39 is 12.5 Å². The summed E-state index contributed by atoms with van der Waals surface area (Å²) in [6.07, 6.45) is 1.37. The van der Waals surface area contributed by atoms with Crippen molar-refractivity contribution >= 4 is 23.5 Å². The molecule has 1 unspecified atom stereocenters. The second-order valence-electron chi connectivity index (χ2n) is 6.31. The summed E-state index contributed by atoms with van der Waals surface area (Å²) < 4.78 is 0. The van der Waals surface area contributed by atoms with E-state index in [0.29, 0.717) is 12.1 Å². The van der Waals surface area contributed by atoms with Gasteiger partial charge in [-0.05, 0) is 35.6 Å². The van der Waals surface area contributed by atoms with Crippen LogP contribution >= 0.6 is 0 Å². The van der Waals surface area contributed by atoms with E-state index in [2.05, 4.69) is 17.6 Å². The maximum Gasteiger partial charge on any atom is 0.322 e. The summed E-state index contributed by atoms with van der Waals surface area (Å²) in [7, 11) is 0. The predicted octanol–water partition coefficient (Wildman–Crippen LogP) is 2.95. The molecule has 1 atom stereocenters. The van der Waals surface area contributed by atoms with Crippen LogP contribution in [0, 0.1) is 0 Å². The lowest BCUT2D eigenvalue weighted by atomic mass is 9.93. The summed E-state index contributed by atoms with van der Waals surface area (Å²) >= 11 is 0. The van der Waals surface area contributed by atoms with E-state index >= 15 is 0 Å². The first-order valence-electron chi connectivity index (χ1n) is 8.90. The first-order valence-corrected chi connectivity index (χ1v) is 8.90. The first-order chi connectivity index (χ1) is 13.0. The molecule has 0 aliphatic rings. The minimum Gasteiger partial charge on any atom is -0.480 e. The van der Waals surface area contributed by atoms with E-state index in [0.717, 1.165) is 17.5 Å². The Morgan fingerprint density at radius 3 is 2.22 bits per heavy atom. The standard InChI is InChI=1S/C21H24N2O4/c1-2-16(17-6-4-3-5-7-17)13-20(25)23-18-10-8-15(9-11-18)12-19(24)22-14-21(26)27/h3-11,16H,2,12-14H2,1H3,(H,22,24)(H,23,25)(H,26,27). The molecule has 0 bridgehead atoms. The van der Waals surface area contributed by atoms with Crippen LogP contribution in [-0.4, -0.2) is 29.4 Å². The van der Waals surface area contributed by atoms with Gasteiger partial charge in [0.05, 0.1) is 6.42 Å². The summed E-state index contributed by atoms with van der Waals surface area (Å²) in [6.45, 7) is 1.67. The van der Waals surface area contributed by atoms with E-state index in [9.17, 15) is 14.4 Å². The molecular weight excluding hydrogens is 344 g/mol. The van der Waals surface area contributed by atoms with Crippen molar-refractivity contribution in [1.82, 2.24) is 5.32 Å². The van der Waals surface area contributed by atoms with Crippen molar-refractivity contribution in [3.05, 3.63) is 65.7 Å². The number of benzene rings is 2. The average molecular weight is 368 g/mol. The van der Waals surface area contributed by atoms with Gasteiger partial charge in [-0.2, -0.15) is 0 Å². The molecule has 0 saturated carbocycles. The maximum atomic E-state index is 12.3. The lowest BCUT2D eigenvalue weighted by Crippen LogP contribution is -2.30. The molecular formula is C21H24N2O4. The molecule has 2 rings (SSSR count). The Bertz CT molecular complexity index is 773. The molecule has 0 aliphatic heterocycles. The molecule has 0 spiro atoms. The third-order valence-corrected chi connectivity index (χ3v) is 4.23. The summed E-state index contributed by atoms with van der Waals surface area (Å²) in [5.74, 6) is -1.33. The highest BCUT2D eigenvalue weighted by molar-refractivity contribution is 5.91. The number of hydrogen-bond acceptors (Lipinski definition) is 3. The number of carboxylic acids is 1. The first kappa shape index (κ1) is 20.2. The van der Waals surface area contributed by atoms with Crippen LogP contribution in [0.1, 0.15) is 36.8 Å². The number of anilines is 1. The van der Waals surface area contributed by atoms with Crippen molar-refractivity contribution in [1.29, 1.82) is 0 Å². The fraction of sp³-hybridized carbons (Fsp3) is 0.286. The minimum atomic E-state index is -1.08. The summed E-state index contributed by atoms with van der Waals surface area (Å²) in [5.41, 5.74) is 2.56. The van der Waals surface area contributed by atoms with Gasteiger partial charge in [0.15, 0.2) is 0 Å². The molecule has 2 amide bonds. The molecule has 6 heteroatoms. The van der Waals surface area contributed by atoms with E-state index in [1.165, 1.54) is 0 Å². The Balaban J connectivity index is 1.87. The third kappa shape index (κ3) is 6.93. The van der Waals surface area contributed by atoms with Crippen LogP contribution < -0.4 is 10.6 Å². The molecule has 142 valence electrons. The SMILES string of the molecule is CCC(CC(=O)Nc1ccc(CC(=O)NCC(=O)O)cc1)c1ccccc1. The zero-order valence-electron chi connectivity index (χ0n) is 15.3. The molecule has 0 heterocycles. The molecule has 0 aliphatic carbocycles. The maximum absolute atomic E-state index is 12.3. The van der Waals surface area contributed by atoms with E-state index in [4.69, 9.17) is 5.11 Å². The largest absolute Gasteiger partial charge is 0.480 e. The second kappa shape index (κ2) is 10.1. The van der Waals surface area contributed by atoms with Crippen LogP contribution in [0.5, 0.6) is 0 Å². The molecule has 0 radical (unpaired) electrons. The highest BCUT2D eigenvalue weighted by Gasteiger charge is 2.14. The van der Waals surface area contributed by atoms with Crippen molar-refractivity contribution in [3.63, 3.8) is 0 Å². The van der Waals surface area contributed by atoms with Crippen LogP contribution in [0.25, 0.3) is 0 Å². The number of carbonyl (C=O) groups is 3. The molecule has 0 fully saturated rings. The van der Waals surface area contributed by atoms with Crippen molar-refractivity contribution < 1.29 is 19.5 Å². The van der Waals surface area contributed by atoms with Gasteiger partial charge in [-0.15, -0.1) is 0 Å². The average Bonchev–Trinajstić information content (AvgIpc) is 2.66. The number of nitrogens with one attached hydrogen (secondary N) is 2. The van der Waals surface area contributed by atoms with E-state index in [1.54, 1.807) is 24.3 Å². The van der Waals surface area contributed by atoms with Crippen molar-refractivity contribution in [2.45, 2.75) is 32.1 Å². The fourth-order valence-corrected chi connectivity index (χ4v) is 2.79. The molecule has 0 aromatic heterocycles. The van der Waals surface area contributed by atoms with Gasteiger partial charge in [0.25, 0.3) is 0 Å². The number of rotatable bonds is 9. The molecule has 2 aromatic carbocycles. The summed E-state index contributed by atoms with van der Waals surface area (Å²) in [4.78, 5) is 34.4. The number of carboxylic acid groups (broad SMARTS) is 1.